The van der Waals surface area contributed by atoms with Crippen molar-refractivity contribution in [3.05, 3.63) is 65.1 Å². The molecule has 29 heavy (non-hydrogen) atoms. The van der Waals surface area contributed by atoms with Crippen LogP contribution in [0.1, 0.15) is 0 Å². The number of hydrogen-bond acceptors (Lipinski definition) is 6. The molecular weight excluding hydrogens is 409 g/mol. The summed E-state index contributed by atoms with van der Waals surface area (Å²) in [5, 5.41) is 3.25. The number of pyridine rings is 1. The minimum absolute atomic E-state index is 0.243. The summed E-state index contributed by atoms with van der Waals surface area (Å²) in [5.41, 5.74) is 1.95. The molecule has 1 aromatic carbocycles. The van der Waals surface area contributed by atoms with Crippen LogP contribution in [0.3, 0.4) is 0 Å². The average Bonchev–Trinajstić information content (AvgIpc) is 3.18. The molecule has 1 fully saturated rings. The summed E-state index contributed by atoms with van der Waals surface area (Å²) in [4.78, 5) is 18.8. The van der Waals surface area contributed by atoms with Crippen LogP contribution in [0.5, 0.6) is 0 Å². The summed E-state index contributed by atoms with van der Waals surface area (Å²) in [6, 6.07) is 12.5. The van der Waals surface area contributed by atoms with Crippen LogP contribution in [-0.4, -0.2) is 41.1 Å². The number of halogens is 2. The molecule has 1 saturated heterocycles. The Labute approximate surface area is 176 Å². The van der Waals surface area contributed by atoms with Gasteiger partial charge in [0.05, 0.1) is 5.39 Å². The molecule has 8 heteroatoms. The summed E-state index contributed by atoms with van der Waals surface area (Å²) in [6.07, 6.45) is 1.82. The Hall–Kier alpha value is -2.77. The third-order valence-electron chi connectivity index (χ3n) is 5.09. The van der Waals surface area contributed by atoms with Gasteiger partial charge < -0.3 is 9.80 Å². The molecule has 1 aliphatic heterocycles. The van der Waals surface area contributed by atoms with Gasteiger partial charge in [-0.2, -0.15) is 4.98 Å². The van der Waals surface area contributed by atoms with Crippen molar-refractivity contribution >= 4 is 44.8 Å². The number of rotatable bonds is 3. The first-order valence-corrected chi connectivity index (χ1v) is 10.6. The predicted octanol–water partition coefficient (Wildman–Crippen LogP) is 4.87. The molecule has 0 atom stereocenters. The SMILES string of the molecule is Fc1ccc(-c2csc3nc(Cl)nc(N4CCN(c5ccccn5)CC4)c23)cc1. The maximum Gasteiger partial charge on any atom is 0.225 e. The molecule has 0 aliphatic carbocycles. The number of fused-ring (bicyclic) bond motifs is 1. The van der Waals surface area contributed by atoms with Gasteiger partial charge in [0.2, 0.25) is 5.28 Å². The Morgan fingerprint density at radius 3 is 2.41 bits per heavy atom. The summed E-state index contributed by atoms with van der Waals surface area (Å²) < 4.78 is 13.4. The van der Waals surface area contributed by atoms with E-state index in [1.807, 2.05) is 29.8 Å². The lowest BCUT2D eigenvalue weighted by molar-refractivity contribution is 0.628. The van der Waals surface area contributed by atoms with Crippen molar-refractivity contribution in [2.45, 2.75) is 0 Å². The first kappa shape index (κ1) is 18.3. The predicted molar refractivity (Wildman–Crippen MR) is 116 cm³/mol. The number of anilines is 2. The molecule has 5 rings (SSSR count). The number of aromatic nitrogens is 3. The molecule has 0 saturated carbocycles. The van der Waals surface area contributed by atoms with Gasteiger partial charge in [0, 0.05) is 43.3 Å². The number of hydrogen-bond donors (Lipinski definition) is 0. The summed E-state index contributed by atoms with van der Waals surface area (Å²) in [7, 11) is 0. The van der Waals surface area contributed by atoms with Gasteiger partial charge >= 0.3 is 0 Å². The van der Waals surface area contributed by atoms with Crippen molar-refractivity contribution in [1.29, 1.82) is 0 Å². The zero-order valence-corrected chi connectivity index (χ0v) is 17.0. The van der Waals surface area contributed by atoms with Gasteiger partial charge in [-0.3, -0.25) is 0 Å². The molecule has 0 radical (unpaired) electrons. The second-order valence-electron chi connectivity index (χ2n) is 6.81. The van der Waals surface area contributed by atoms with Crippen molar-refractivity contribution in [3.8, 4) is 11.1 Å². The molecule has 1 aliphatic rings. The highest BCUT2D eigenvalue weighted by molar-refractivity contribution is 7.17. The second-order valence-corrected chi connectivity index (χ2v) is 8.01. The van der Waals surface area contributed by atoms with Gasteiger partial charge in [0.1, 0.15) is 22.3 Å². The van der Waals surface area contributed by atoms with E-state index in [0.29, 0.717) is 0 Å². The van der Waals surface area contributed by atoms with Gasteiger partial charge in [0.25, 0.3) is 0 Å². The Kier molecular flexibility index (Phi) is 4.77. The van der Waals surface area contributed by atoms with Gasteiger partial charge in [-0.15, -0.1) is 11.3 Å². The molecule has 5 nitrogen and oxygen atoms in total. The summed E-state index contributed by atoms with van der Waals surface area (Å²) >= 11 is 7.76. The highest BCUT2D eigenvalue weighted by atomic mass is 35.5. The third kappa shape index (κ3) is 3.52. The maximum atomic E-state index is 13.4. The van der Waals surface area contributed by atoms with Crippen molar-refractivity contribution < 1.29 is 4.39 Å². The van der Waals surface area contributed by atoms with E-state index in [2.05, 4.69) is 24.8 Å². The highest BCUT2D eigenvalue weighted by Gasteiger charge is 2.24. The Morgan fingerprint density at radius 1 is 0.931 bits per heavy atom. The smallest absolute Gasteiger partial charge is 0.225 e. The molecular formula is C21H17ClFN5S. The van der Waals surface area contributed by atoms with Gasteiger partial charge in [-0.1, -0.05) is 18.2 Å². The molecule has 4 aromatic rings. The lowest BCUT2D eigenvalue weighted by atomic mass is 10.1. The molecule has 0 amide bonds. The molecule has 0 spiro atoms. The largest absolute Gasteiger partial charge is 0.353 e. The lowest BCUT2D eigenvalue weighted by Gasteiger charge is -2.36. The monoisotopic (exact) mass is 425 g/mol. The average molecular weight is 426 g/mol. The normalized spacial score (nSPS) is 14.6. The van der Waals surface area contributed by atoms with Crippen LogP contribution >= 0.6 is 22.9 Å². The topological polar surface area (TPSA) is 45.2 Å². The van der Waals surface area contributed by atoms with Gasteiger partial charge in [-0.25, -0.2) is 14.4 Å². The van der Waals surface area contributed by atoms with Crippen molar-refractivity contribution in [2.75, 3.05) is 36.0 Å². The van der Waals surface area contributed by atoms with Crippen LogP contribution in [0.15, 0.2) is 54.0 Å². The van der Waals surface area contributed by atoms with E-state index in [-0.39, 0.29) is 11.1 Å². The minimum atomic E-state index is -0.251. The van der Waals surface area contributed by atoms with E-state index in [1.54, 1.807) is 12.1 Å². The van der Waals surface area contributed by atoms with E-state index in [9.17, 15) is 4.39 Å². The van der Waals surface area contributed by atoms with E-state index in [1.165, 1.54) is 23.5 Å². The zero-order chi connectivity index (χ0) is 19.8. The van der Waals surface area contributed by atoms with Crippen molar-refractivity contribution in [2.24, 2.45) is 0 Å². The van der Waals surface area contributed by atoms with E-state index >= 15 is 0 Å². The Balaban J connectivity index is 1.50. The van der Waals surface area contributed by atoms with Crippen LogP contribution in [0, 0.1) is 5.82 Å². The van der Waals surface area contributed by atoms with Gasteiger partial charge in [-0.05, 0) is 41.4 Å². The molecule has 0 bridgehead atoms. The highest BCUT2D eigenvalue weighted by Crippen LogP contribution is 2.39. The van der Waals surface area contributed by atoms with E-state index in [4.69, 9.17) is 11.6 Å². The van der Waals surface area contributed by atoms with Crippen molar-refractivity contribution in [3.63, 3.8) is 0 Å². The minimum Gasteiger partial charge on any atom is -0.353 e. The fourth-order valence-corrected chi connectivity index (χ4v) is 4.81. The first-order valence-electron chi connectivity index (χ1n) is 9.30. The third-order valence-corrected chi connectivity index (χ3v) is 6.14. The summed E-state index contributed by atoms with van der Waals surface area (Å²) in [6.45, 7) is 3.29. The van der Waals surface area contributed by atoms with Crippen LogP contribution in [-0.2, 0) is 0 Å². The summed E-state index contributed by atoms with van der Waals surface area (Å²) in [5.74, 6) is 1.57. The fraction of sp³-hybridized carbons (Fsp3) is 0.190. The van der Waals surface area contributed by atoms with Crippen molar-refractivity contribution in [1.82, 2.24) is 15.0 Å². The molecule has 146 valence electrons. The first-order chi connectivity index (χ1) is 14.2. The van der Waals surface area contributed by atoms with Crippen LogP contribution < -0.4 is 9.80 Å². The molecule has 0 N–H and O–H groups in total. The van der Waals surface area contributed by atoms with Gasteiger partial charge in [0.15, 0.2) is 0 Å². The number of benzene rings is 1. The van der Waals surface area contributed by atoms with Crippen LogP contribution in [0.25, 0.3) is 21.3 Å². The van der Waals surface area contributed by atoms with Crippen LogP contribution in [0.2, 0.25) is 5.28 Å². The van der Waals surface area contributed by atoms with E-state index < -0.39 is 0 Å². The number of thiophene rings is 1. The van der Waals surface area contributed by atoms with Crippen LogP contribution in [0.4, 0.5) is 16.0 Å². The molecule has 0 unspecified atom stereocenters. The Bertz CT molecular complexity index is 1140. The molecule has 3 aromatic heterocycles. The fourth-order valence-electron chi connectivity index (χ4n) is 3.66. The number of nitrogens with zero attached hydrogens (tertiary/aromatic N) is 5. The lowest BCUT2D eigenvalue weighted by Crippen LogP contribution is -2.47. The molecule has 4 heterocycles. The number of piperazine rings is 1. The zero-order valence-electron chi connectivity index (χ0n) is 15.4. The standard InChI is InChI=1S/C21H17ClFN5S/c22-21-25-19(28-11-9-27(10-12-28)17-3-1-2-8-24-17)18-16(13-29-20(18)26-21)14-4-6-15(23)7-5-14/h1-8,13H,9-12H2. The Morgan fingerprint density at radius 2 is 1.69 bits per heavy atom. The second kappa shape index (κ2) is 7.57. The quantitative estimate of drug-likeness (QED) is 0.438. The van der Waals surface area contributed by atoms with E-state index in [0.717, 1.165) is 59.2 Å². The maximum absolute atomic E-state index is 13.4.